The molecule has 0 aromatic rings. The predicted molar refractivity (Wildman–Crippen MR) is 83.9 cm³/mol. The number of ether oxygens (including phenoxy) is 2. The molecule has 0 spiro atoms. The van der Waals surface area contributed by atoms with E-state index in [0.29, 0.717) is 12.8 Å². The lowest BCUT2D eigenvalue weighted by atomic mass is 10.2. The molecule has 0 saturated carbocycles. The third-order valence-corrected chi connectivity index (χ3v) is 4.98. The molecule has 0 heterocycles. The number of carbonyl (C=O) groups is 2. The predicted octanol–water partition coefficient (Wildman–Crippen LogP) is 2.72. The highest BCUT2D eigenvalue weighted by molar-refractivity contribution is 7.57. The molecule has 0 bridgehead atoms. The van der Waals surface area contributed by atoms with E-state index in [9.17, 15) is 19.0 Å². The van der Waals surface area contributed by atoms with Crippen molar-refractivity contribution in [2.75, 3.05) is 12.3 Å². The van der Waals surface area contributed by atoms with E-state index in [2.05, 4.69) is 5.32 Å². The molecular formula is C14H28NO6P. The van der Waals surface area contributed by atoms with Crippen LogP contribution in [-0.4, -0.2) is 41.6 Å². The number of nitrogens with one attached hydrogen (secondary N) is 1. The average Bonchev–Trinajstić information content (AvgIpc) is 2.35. The lowest BCUT2D eigenvalue weighted by Gasteiger charge is -2.19. The Morgan fingerprint density at radius 2 is 1.73 bits per heavy atom. The van der Waals surface area contributed by atoms with Crippen LogP contribution in [-0.2, 0) is 18.8 Å². The van der Waals surface area contributed by atoms with E-state index >= 15 is 0 Å². The molecular weight excluding hydrogens is 309 g/mol. The van der Waals surface area contributed by atoms with Crippen LogP contribution in [0.15, 0.2) is 0 Å². The van der Waals surface area contributed by atoms with Crippen molar-refractivity contribution in [3.05, 3.63) is 0 Å². The van der Waals surface area contributed by atoms with E-state index in [4.69, 9.17) is 9.47 Å². The Morgan fingerprint density at radius 3 is 2.23 bits per heavy atom. The summed E-state index contributed by atoms with van der Waals surface area (Å²) in [4.78, 5) is 32.6. The normalized spacial score (nSPS) is 16.5. The molecule has 0 aliphatic rings. The van der Waals surface area contributed by atoms with Gasteiger partial charge in [0, 0.05) is 25.3 Å². The number of alkyl carbamates (subject to hydrolysis) is 1. The van der Waals surface area contributed by atoms with Crippen LogP contribution < -0.4 is 5.32 Å². The summed E-state index contributed by atoms with van der Waals surface area (Å²) in [6.07, 6.45) is -0.239. The zero-order valence-corrected chi connectivity index (χ0v) is 14.9. The fourth-order valence-electron chi connectivity index (χ4n) is 1.64. The van der Waals surface area contributed by atoms with Gasteiger partial charge < -0.3 is 19.7 Å². The maximum absolute atomic E-state index is 11.7. The minimum absolute atomic E-state index is 0.153. The zero-order chi connectivity index (χ0) is 17.3. The van der Waals surface area contributed by atoms with Gasteiger partial charge in [0.05, 0.1) is 5.92 Å². The number of hydrogen-bond donors (Lipinski definition) is 2. The van der Waals surface area contributed by atoms with Gasteiger partial charge in [0.25, 0.3) is 0 Å². The first-order valence-corrected chi connectivity index (χ1v) is 9.59. The van der Waals surface area contributed by atoms with Gasteiger partial charge in [-0.3, -0.25) is 9.36 Å². The molecule has 0 radical (unpaired) electrons. The molecule has 0 aromatic carbocycles. The molecule has 0 fully saturated rings. The second-order valence-electron chi connectivity index (χ2n) is 5.69. The molecule has 3 atom stereocenters. The highest BCUT2D eigenvalue weighted by Crippen LogP contribution is 2.41. The first kappa shape index (κ1) is 20.9. The van der Waals surface area contributed by atoms with Crippen LogP contribution in [0, 0.1) is 5.92 Å². The molecule has 130 valence electrons. The van der Waals surface area contributed by atoms with Crippen molar-refractivity contribution in [1.29, 1.82) is 0 Å². The molecule has 2 N–H and O–H groups in total. The minimum Gasteiger partial charge on any atom is -0.425 e. The molecule has 0 rings (SSSR count). The summed E-state index contributed by atoms with van der Waals surface area (Å²) < 4.78 is 21.5. The SMILES string of the molecule is CCCP(=O)(O)CCC(C)NC(=O)OC(C)OC(=O)C(C)C. The molecule has 22 heavy (non-hydrogen) atoms. The number of hydrogen-bond acceptors (Lipinski definition) is 5. The lowest BCUT2D eigenvalue weighted by molar-refractivity contribution is -0.168. The van der Waals surface area contributed by atoms with Crippen LogP contribution in [0.1, 0.15) is 47.5 Å². The van der Waals surface area contributed by atoms with Crippen LogP contribution in [0.5, 0.6) is 0 Å². The number of rotatable bonds is 9. The van der Waals surface area contributed by atoms with Gasteiger partial charge in [0.2, 0.25) is 13.7 Å². The summed E-state index contributed by atoms with van der Waals surface area (Å²) in [5.74, 6) is -0.751. The van der Waals surface area contributed by atoms with Gasteiger partial charge in [-0.25, -0.2) is 4.79 Å². The van der Waals surface area contributed by atoms with Crippen LogP contribution in [0.4, 0.5) is 4.79 Å². The van der Waals surface area contributed by atoms with Gasteiger partial charge in [-0.2, -0.15) is 0 Å². The molecule has 1 amide bonds. The number of carbonyl (C=O) groups excluding carboxylic acids is 2. The monoisotopic (exact) mass is 337 g/mol. The zero-order valence-electron chi connectivity index (χ0n) is 14.0. The van der Waals surface area contributed by atoms with E-state index in [1.165, 1.54) is 6.92 Å². The molecule has 7 nitrogen and oxygen atoms in total. The van der Waals surface area contributed by atoms with Gasteiger partial charge in [0.15, 0.2) is 0 Å². The first-order chi connectivity index (χ1) is 10.1. The van der Waals surface area contributed by atoms with Gasteiger partial charge in [0.1, 0.15) is 0 Å². The van der Waals surface area contributed by atoms with Crippen molar-refractivity contribution >= 4 is 19.4 Å². The molecule has 0 saturated heterocycles. The quantitative estimate of drug-likeness (QED) is 0.381. The lowest BCUT2D eigenvalue weighted by Crippen LogP contribution is -2.36. The van der Waals surface area contributed by atoms with Crippen LogP contribution >= 0.6 is 7.37 Å². The fraction of sp³-hybridized carbons (Fsp3) is 0.857. The van der Waals surface area contributed by atoms with Crippen molar-refractivity contribution in [3.63, 3.8) is 0 Å². The second-order valence-corrected chi connectivity index (χ2v) is 8.28. The Bertz CT molecular complexity index is 412. The first-order valence-electron chi connectivity index (χ1n) is 7.56. The van der Waals surface area contributed by atoms with Crippen LogP contribution in [0.25, 0.3) is 0 Å². The van der Waals surface area contributed by atoms with Gasteiger partial charge in [-0.1, -0.05) is 20.8 Å². The molecule has 0 aliphatic heterocycles. The van der Waals surface area contributed by atoms with E-state index in [-0.39, 0.29) is 24.3 Å². The van der Waals surface area contributed by atoms with Gasteiger partial charge >= 0.3 is 12.1 Å². The third kappa shape index (κ3) is 9.79. The molecule has 8 heteroatoms. The second kappa shape index (κ2) is 9.85. The molecule has 0 aliphatic carbocycles. The van der Waals surface area contributed by atoms with Crippen molar-refractivity contribution in [3.8, 4) is 0 Å². The van der Waals surface area contributed by atoms with Gasteiger partial charge in [-0.15, -0.1) is 0 Å². The van der Waals surface area contributed by atoms with E-state index in [0.717, 1.165) is 0 Å². The Hall–Kier alpha value is -1.07. The summed E-state index contributed by atoms with van der Waals surface area (Å²) in [6.45, 7) is 8.38. The Balaban J connectivity index is 4.10. The topological polar surface area (TPSA) is 102 Å². The Labute approximate surface area is 132 Å². The molecule has 0 aromatic heterocycles. The average molecular weight is 337 g/mol. The maximum atomic E-state index is 11.7. The van der Waals surface area contributed by atoms with E-state index in [1.54, 1.807) is 20.8 Å². The number of esters is 1. The Kier molecular flexibility index (Phi) is 9.37. The smallest absolute Gasteiger partial charge is 0.410 e. The largest absolute Gasteiger partial charge is 0.425 e. The summed E-state index contributed by atoms with van der Waals surface area (Å²) in [5.41, 5.74) is 0. The van der Waals surface area contributed by atoms with E-state index in [1.807, 2.05) is 6.92 Å². The fourth-order valence-corrected chi connectivity index (χ4v) is 3.35. The third-order valence-electron chi connectivity index (χ3n) is 2.88. The highest BCUT2D eigenvalue weighted by atomic mass is 31.2. The van der Waals surface area contributed by atoms with Crippen LogP contribution in [0.2, 0.25) is 0 Å². The highest BCUT2D eigenvalue weighted by Gasteiger charge is 2.20. The van der Waals surface area contributed by atoms with Crippen LogP contribution in [0.3, 0.4) is 0 Å². The van der Waals surface area contributed by atoms with Crippen molar-refractivity contribution < 1.29 is 28.5 Å². The summed E-state index contributed by atoms with van der Waals surface area (Å²) in [7, 11) is -3.11. The maximum Gasteiger partial charge on any atom is 0.410 e. The summed E-state index contributed by atoms with van der Waals surface area (Å²) in [6, 6.07) is -0.308. The minimum atomic E-state index is -3.11. The van der Waals surface area contributed by atoms with Crippen molar-refractivity contribution in [2.45, 2.75) is 59.8 Å². The Morgan fingerprint density at radius 1 is 1.14 bits per heavy atom. The van der Waals surface area contributed by atoms with Gasteiger partial charge in [-0.05, 0) is 19.8 Å². The standard InChI is InChI=1S/C14H28NO6P/c1-6-8-22(18,19)9-7-11(4)15-14(17)21-12(5)20-13(16)10(2)3/h10-12H,6-9H2,1-5H3,(H,15,17)(H,18,19). The summed E-state index contributed by atoms with van der Waals surface area (Å²) in [5, 5.41) is 2.54. The summed E-state index contributed by atoms with van der Waals surface area (Å²) >= 11 is 0. The number of amides is 1. The van der Waals surface area contributed by atoms with Crippen molar-refractivity contribution in [1.82, 2.24) is 5.32 Å². The molecule has 3 unspecified atom stereocenters. The van der Waals surface area contributed by atoms with E-state index < -0.39 is 25.7 Å². The van der Waals surface area contributed by atoms with Crippen molar-refractivity contribution in [2.24, 2.45) is 5.92 Å².